The van der Waals surface area contributed by atoms with E-state index in [1.807, 2.05) is 24.3 Å². The number of ketones is 1. The predicted molar refractivity (Wildman–Crippen MR) is 148 cm³/mol. The largest absolute Gasteiger partial charge is 0.383 e. The van der Waals surface area contributed by atoms with Crippen molar-refractivity contribution in [2.45, 2.75) is 75.1 Å². The first-order chi connectivity index (χ1) is 19.5. The lowest BCUT2D eigenvalue weighted by atomic mass is 9.83. The molecular formula is C29H40N6O5. The average molecular weight is 553 g/mol. The van der Waals surface area contributed by atoms with Gasteiger partial charge in [0.1, 0.15) is 18.7 Å². The van der Waals surface area contributed by atoms with Crippen molar-refractivity contribution in [2.75, 3.05) is 46.5 Å². The zero-order chi connectivity index (χ0) is 28.1. The van der Waals surface area contributed by atoms with Gasteiger partial charge in [0.2, 0.25) is 5.91 Å². The summed E-state index contributed by atoms with van der Waals surface area (Å²) in [5.41, 5.74) is 10.7. The molecule has 1 aromatic carbocycles. The molecule has 3 heterocycles. The molecule has 1 aromatic rings. The summed E-state index contributed by atoms with van der Waals surface area (Å²) in [4.78, 5) is 46.9. The highest BCUT2D eigenvalue weighted by Crippen LogP contribution is 2.34. The molecule has 40 heavy (non-hydrogen) atoms. The molecule has 3 aliphatic heterocycles. The third-order valence-corrected chi connectivity index (χ3v) is 9.16. The van der Waals surface area contributed by atoms with Crippen molar-refractivity contribution >= 4 is 17.6 Å². The standard InChI is InChI=1S/C29H40N6O5/c1-39-16-15-34-13-11-20(12-14-34)19-7-9-22(10-8-19)28(37)31-25(21-5-3-2-4-6-21)29(38)35-17-23(32-33-30)27-26(35)24(36)18-40-27/h7-10,20-21,23,25-27H,2-6,11-18H2,1H3,(H,31,37)/t23-,25-,26+,27+/m0/s1. The molecule has 5 rings (SSSR count). The Morgan fingerprint density at radius 2 is 1.88 bits per heavy atom. The number of benzene rings is 1. The molecule has 1 saturated carbocycles. The number of amides is 2. The van der Waals surface area contributed by atoms with Crippen LogP contribution in [0.2, 0.25) is 0 Å². The summed E-state index contributed by atoms with van der Waals surface area (Å²) in [5, 5.41) is 6.83. The highest BCUT2D eigenvalue weighted by atomic mass is 16.5. The fourth-order valence-electron chi connectivity index (χ4n) is 6.89. The first-order valence-corrected chi connectivity index (χ1v) is 14.6. The van der Waals surface area contributed by atoms with E-state index >= 15 is 0 Å². The second-order valence-corrected chi connectivity index (χ2v) is 11.5. The molecule has 3 saturated heterocycles. The van der Waals surface area contributed by atoms with Gasteiger partial charge >= 0.3 is 0 Å². The molecule has 4 fully saturated rings. The van der Waals surface area contributed by atoms with Gasteiger partial charge in [-0.3, -0.25) is 14.4 Å². The number of rotatable bonds is 9. The molecule has 0 bridgehead atoms. The predicted octanol–water partition coefficient (Wildman–Crippen LogP) is 3.05. The van der Waals surface area contributed by atoms with E-state index in [1.54, 1.807) is 7.11 Å². The van der Waals surface area contributed by atoms with Crippen molar-refractivity contribution < 1.29 is 23.9 Å². The van der Waals surface area contributed by atoms with Gasteiger partial charge in [-0.05, 0) is 73.8 Å². The van der Waals surface area contributed by atoms with Gasteiger partial charge in [0.15, 0.2) is 5.78 Å². The maximum absolute atomic E-state index is 14.0. The monoisotopic (exact) mass is 552 g/mol. The van der Waals surface area contributed by atoms with Crippen LogP contribution in [0.1, 0.15) is 66.8 Å². The van der Waals surface area contributed by atoms with Gasteiger partial charge in [-0.1, -0.05) is 36.5 Å². The number of piperidine rings is 1. The molecule has 1 aliphatic carbocycles. The highest BCUT2D eigenvalue weighted by Gasteiger charge is 2.53. The van der Waals surface area contributed by atoms with Crippen LogP contribution in [0, 0.1) is 5.92 Å². The maximum atomic E-state index is 14.0. The third kappa shape index (κ3) is 6.17. The summed E-state index contributed by atoms with van der Waals surface area (Å²) in [6.07, 6.45) is 6.30. The molecule has 4 aliphatic rings. The Hall–Kier alpha value is -2.98. The summed E-state index contributed by atoms with van der Waals surface area (Å²) >= 11 is 0. The lowest BCUT2D eigenvalue weighted by Crippen LogP contribution is -2.55. The van der Waals surface area contributed by atoms with Crippen LogP contribution in [0.4, 0.5) is 0 Å². The summed E-state index contributed by atoms with van der Waals surface area (Å²) in [5.74, 6) is -0.321. The van der Waals surface area contributed by atoms with Crippen LogP contribution in [0.15, 0.2) is 29.4 Å². The van der Waals surface area contributed by atoms with Gasteiger partial charge < -0.3 is 24.6 Å². The van der Waals surface area contributed by atoms with Crippen molar-refractivity contribution in [3.63, 3.8) is 0 Å². The van der Waals surface area contributed by atoms with E-state index in [1.165, 1.54) is 10.5 Å². The first-order valence-electron chi connectivity index (χ1n) is 14.6. The number of hydrogen-bond donors (Lipinski definition) is 1. The second-order valence-electron chi connectivity index (χ2n) is 11.5. The van der Waals surface area contributed by atoms with Crippen LogP contribution in [-0.4, -0.2) is 98.1 Å². The van der Waals surface area contributed by atoms with Crippen LogP contribution in [0.5, 0.6) is 0 Å². The zero-order valence-electron chi connectivity index (χ0n) is 23.2. The van der Waals surface area contributed by atoms with Gasteiger partial charge in [-0.25, -0.2) is 0 Å². The van der Waals surface area contributed by atoms with Crippen LogP contribution >= 0.6 is 0 Å². The first kappa shape index (κ1) is 28.5. The van der Waals surface area contributed by atoms with E-state index in [9.17, 15) is 14.4 Å². The number of fused-ring (bicyclic) bond motifs is 1. The van der Waals surface area contributed by atoms with E-state index < -0.39 is 24.2 Å². The Morgan fingerprint density at radius 3 is 2.55 bits per heavy atom. The van der Waals surface area contributed by atoms with E-state index in [4.69, 9.17) is 15.0 Å². The van der Waals surface area contributed by atoms with E-state index in [-0.39, 0.29) is 36.7 Å². The highest BCUT2D eigenvalue weighted by molar-refractivity contribution is 5.99. The minimum atomic E-state index is -0.772. The molecule has 11 heteroatoms. The quantitative estimate of drug-likeness (QED) is 0.284. The zero-order valence-corrected chi connectivity index (χ0v) is 23.2. The fourth-order valence-corrected chi connectivity index (χ4v) is 6.89. The van der Waals surface area contributed by atoms with E-state index in [2.05, 4.69) is 20.2 Å². The van der Waals surface area contributed by atoms with Crippen molar-refractivity contribution in [1.82, 2.24) is 15.1 Å². The van der Waals surface area contributed by atoms with E-state index in [0.29, 0.717) is 11.5 Å². The second kappa shape index (κ2) is 13.1. The average Bonchev–Trinajstić information content (AvgIpc) is 3.56. The van der Waals surface area contributed by atoms with Crippen molar-refractivity contribution in [1.29, 1.82) is 0 Å². The number of carbonyl (C=O) groups is 3. The van der Waals surface area contributed by atoms with Gasteiger partial charge in [0, 0.05) is 30.7 Å². The number of methoxy groups -OCH3 is 1. The summed E-state index contributed by atoms with van der Waals surface area (Å²) in [6, 6.07) is 5.63. The Labute approximate surface area is 235 Å². The number of carbonyl (C=O) groups excluding carboxylic acids is 3. The van der Waals surface area contributed by atoms with Crippen LogP contribution in [-0.2, 0) is 19.1 Å². The number of azide groups is 1. The molecule has 4 atom stereocenters. The molecule has 0 radical (unpaired) electrons. The molecule has 0 unspecified atom stereocenters. The Kier molecular flexibility index (Phi) is 9.36. The van der Waals surface area contributed by atoms with Gasteiger partial charge in [-0.2, -0.15) is 0 Å². The van der Waals surface area contributed by atoms with Crippen molar-refractivity contribution in [3.8, 4) is 0 Å². The Balaban J connectivity index is 1.27. The van der Waals surface area contributed by atoms with Gasteiger partial charge in [0.25, 0.3) is 5.91 Å². The van der Waals surface area contributed by atoms with Gasteiger partial charge in [0.05, 0.1) is 18.8 Å². The molecule has 1 N–H and O–H groups in total. The van der Waals surface area contributed by atoms with Crippen molar-refractivity contribution in [2.24, 2.45) is 11.0 Å². The van der Waals surface area contributed by atoms with Crippen LogP contribution < -0.4 is 5.32 Å². The number of nitrogens with zero attached hydrogens (tertiary/aromatic N) is 5. The molecule has 11 nitrogen and oxygen atoms in total. The fraction of sp³-hybridized carbons (Fsp3) is 0.690. The lowest BCUT2D eigenvalue weighted by Gasteiger charge is -2.34. The number of ether oxygens (including phenoxy) is 2. The topological polar surface area (TPSA) is 137 Å². The Morgan fingerprint density at radius 1 is 1.15 bits per heavy atom. The minimum absolute atomic E-state index is 0.0119. The summed E-state index contributed by atoms with van der Waals surface area (Å²) in [7, 11) is 1.73. The number of likely N-dealkylation sites (tertiary alicyclic amines) is 2. The smallest absolute Gasteiger partial charge is 0.251 e. The molecule has 0 aromatic heterocycles. The lowest BCUT2D eigenvalue weighted by molar-refractivity contribution is -0.139. The Bertz CT molecular complexity index is 1110. The molecule has 2 amide bonds. The third-order valence-electron chi connectivity index (χ3n) is 9.16. The summed E-state index contributed by atoms with van der Waals surface area (Å²) in [6.45, 7) is 3.78. The normalized spacial score (nSPS) is 26.8. The number of nitrogens with one attached hydrogen (secondary N) is 1. The SMILES string of the molecule is COCCN1CCC(c2ccc(C(=O)N[C@H](C(=O)N3C[C@H](N=[N+]=[N-])[C@H]4OCC(=O)[C@H]43)C3CCCCC3)cc2)CC1. The number of hydrogen-bond acceptors (Lipinski definition) is 7. The molecular weight excluding hydrogens is 512 g/mol. The van der Waals surface area contributed by atoms with Gasteiger partial charge in [-0.15, -0.1) is 0 Å². The molecule has 216 valence electrons. The maximum Gasteiger partial charge on any atom is 0.251 e. The number of Topliss-reactive ketones (excluding diaryl/α,β-unsaturated/α-hetero) is 1. The van der Waals surface area contributed by atoms with Crippen LogP contribution in [0.25, 0.3) is 10.4 Å². The van der Waals surface area contributed by atoms with E-state index in [0.717, 1.165) is 71.2 Å². The molecule has 0 spiro atoms. The van der Waals surface area contributed by atoms with Crippen molar-refractivity contribution in [3.05, 3.63) is 45.8 Å². The van der Waals surface area contributed by atoms with Crippen LogP contribution in [0.3, 0.4) is 0 Å². The summed E-state index contributed by atoms with van der Waals surface area (Å²) < 4.78 is 10.8. The minimum Gasteiger partial charge on any atom is -0.383 e.